The highest BCUT2D eigenvalue weighted by Gasteiger charge is 2.15. The molecule has 0 bridgehead atoms. The molecule has 1 aromatic rings. The van der Waals surface area contributed by atoms with Gasteiger partial charge in [-0.2, -0.15) is 5.26 Å². The van der Waals surface area contributed by atoms with Gasteiger partial charge in [0.1, 0.15) is 0 Å². The van der Waals surface area contributed by atoms with Crippen LogP contribution in [0.2, 0.25) is 0 Å². The zero-order chi connectivity index (χ0) is 10.6. The summed E-state index contributed by atoms with van der Waals surface area (Å²) in [7, 11) is 0. The Morgan fingerprint density at radius 1 is 1.36 bits per heavy atom. The molecule has 1 rings (SSSR count). The third-order valence-electron chi connectivity index (χ3n) is 1.91. The van der Waals surface area contributed by atoms with Crippen LogP contribution in [0.4, 0.5) is 8.78 Å². The number of alkyl halides is 2. The van der Waals surface area contributed by atoms with Crippen molar-refractivity contribution in [3.8, 4) is 6.07 Å². The van der Waals surface area contributed by atoms with E-state index in [1.807, 2.05) is 6.07 Å². The van der Waals surface area contributed by atoms with Crippen LogP contribution < -0.4 is 5.73 Å². The van der Waals surface area contributed by atoms with E-state index >= 15 is 0 Å². The molecular weight excluding hydrogens is 186 g/mol. The second-order valence-electron chi connectivity index (χ2n) is 2.93. The molecule has 2 N–H and O–H groups in total. The maximum Gasteiger partial charge on any atom is 0.240 e. The fourth-order valence-corrected chi connectivity index (χ4v) is 1.24. The molecule has 0 unspecified atom stereocenters. The van der Waals surface area contributed by atoms with Crippen molar-refractivity contribution in [3.63, 3.8) is 0 Å². The molecule has 0 fully saturated rings. The summed E-state index contributed by atoms with van der Waals surface area (Å²) in [5, 5.41) is 8.71. The average molecular weight is 196 g/mol. The van der Waals surface area contributed by atoms with Crippen LogP contribution in [0.5, 0.6) is 0 Å². The Morgan fingerprint density at radius 3 is 2.57 bits per heavy atom. The highest BCUT2D eigenvalue weighted by atomic mass is 19.3. The third-order valence-corrected chi connectivity index (χ3v) is 1.91. The van der Waals surface area contributed by atoms with Crippen molar-refractivity contribution >= 4 is 0 Å². The molecule has 0 saturated heterocycles. The molecule has 74 valence electrons. The quantitative estimate of drug-likeness (QED) is 0.805. The van der Waals surface area contributed by atoms with E-state index < -0.39 is 18.9 Å². The van der Waals surface area contributed by atoms with Crippen LogP contribution in [0, 0.1) is 11.3 Å². The molecule has 0 heterocycles. The first-order valence-electron chi connectivity index (χ1n) is 4.18. The maximum atomic E-state index is 12.0. The van der Waals surface area contributed by atoms with Gasteiger partial charge in [0.05, 0.1) is 11.6 Å². The third kappa shape index (κ3) is 2.51. The van der Waals surface area contributed by atoms with Gasteiger partial charge in [-0.1, -0.05) is 18.2 Å². The van der Waals surface area contributed by atoms with Gasteiger partial charge < -0.3 is 5.73 Å². The Kier molecular flexibility index (Phi) is 3.55. The lowest BCUT2D eigenvalue weighted by Crippen LogP contribution is -2.15. The van der Waals surface area contributed by atoms with Crippen LogP contribution in [0.15, 0.2) is 24.3 Å². The summed E-state index contributed by atoms with van der Waals surface area (Å²) < 4.78 is 24.1. The number of benzene rings is 1. The van der Waals surface area contributed by atoms with E-state index in [4.69, 9.17) is 11.0 Å². The summed E-state index contributed by atoms with van der Waals surface area (Å²) in [4.78, 5) is 0. The first-order chi connectivity index (χ1) is 6.65. The minimum Gasteiger partial charge on any atom is -0.324 e. The Labute approximate surface area is 81.0 Å². The van der Waals surface area contributed by atoms with E-state index in [0.29, 0.717) is 11.1 Å². The number of nitrogens with zero attached hydrogens (tertiary/aromatic N) is 1. The van der Waals surface area contributed by atoms with Crippen LogP contribution in [0.3, 0.4) is 0 Å². The van der Waals surface area contributed by atoms with Crippen LogP contribution >= 0.6 is 0 Å². The van der Waals surface area contributed by atoms with E-state index in [1.165, 1.54) is 0 Å². The molecule has 1 atom stereocenters. The molecule has 4 heteroatoms. The van der Waals surface area contributed by atoms with Gasteiger partial charge in [-0.3, -0.25) is 0 Å². The lowest BCUT2D eigenvalue weighted by atomic mass is 10.00. The maximum absolute atomic E-state index is 12.0. The minimum atomic E-state index is -2.45. The summed E-state index contributed by atoms with van der Waals surface area (Å²) >= 11 is 0. The van der Waals surface area contributed by atoms with E-state index in [9.17, 15) is 8.78 Å². The zero-order valence-electron chi connectivity index (χ0n) is 7.45. The standard InChI is InChI=1S/C10H10F2N2/c11-10(12)5-9(14)8-4-2-1-3-7(8)6-13/h1-4,9-10H,5,14H2/t9-/m1/s1. The van der Waals surface area contributed by atoms with Crippen LogP contribution in [0.25, 0.3) is 0 Å². The number of halogens is 2. The zero-order valence-corrected chi connectivity index (χ0v) is 7.45. The molecule has 0 saturated carbocycles. The molecule has 0 aliphatic heterocycles. The van der Waals surface area contributed by atoms with E-state index in [1.54, 1.807) is 24.3 Å². The molecule has 0 aliphatic rings. The molecule has 0 aromatic heterocycles. The van der Waals surface area contributed by atoms with Gasteiger partial charge in [0.15, 0.2) is 0 Å². The highest BCUT2D eigenvalue weighted by Crippen LogP contribution is 2.20. The van der Waals surface area contributed by atoms with Crippen molar-refractivity contribution in [2.24, 2.45) is 5.73 Å². The average Bonchev–Trinajstić information content (AvgIpc) is 2.16. The summed E-state index contributed by atoms with van der Waals surface area (Å²) in [6.07, 6.45) is -2.87. The van der Waals surface area contributed by atoms with Crippen molar-refractivity contribution in [2.45, 2.75) is 18.9 Å². The first kappa shape index (κ1) is 10.6. The Hall–Kier alpha value is -1.47. The van der Waals surface area contributed by atoms with E-state index in [0.717, 1.165) is 0 Å². The Morgan fingerprint density at radius 2 is 2.00 bits per heavy atom. The van der Waals surface area contributed by atoms with Crippen molar-refractivity contribution in [1.29, 1.82) is 5.26 Å². The van der Waals surface area contributed by atoms with Gasteiger partial charge in [0.2, 0.25) is 6.43 Å². The second-order valence-corrected chi connectivity index (χ2v) is 2.93. The second kappa shape index (κ2) is 4.68. The molecule has 0 spiro atoms. The highest BCUT2D eigenvalue weighted by molar-refractivity contribution is 5.39. The molecule has 0 radical (unpaired) electrons. The van der Waals surface area contributed by atoms with Crippen molar-refractivity contribution < 1.29 is 8.78 Å². The molecule has 2 nitrogen and oxygen atoms in total. The molecule has 0 aliphatic carbocycles. The number of nitriles is 1. The molecular formula is C10H10F2N2. The van der Waals surface area contributed by atoms with Crippen molar-refractivity contribution in [2.75, 3.05) is 0 Å². The topological polar surface area (TPSA) is 49.8 Å². The summed E-state index contributed by atoms with van der Waals surface area (Å²) in [6.45, 7) is 0. The largest absolute Gasteiger partial charge is 0.324 e. The van der Waals surface area contributed by atoms with Crippen molar-refractivity contribution in [3.05, 3.63) is 35.4 Å². The van der Waals surface area contributed by atoms with Crippen LogP contribution in [-0.2, 0) is 0 Å². The lowest BCUT2D eigenvalue weighted by molar-refractivity contribution is 0.128. The summed E-state index contributed by atoms with van der Waals surface area (Å²) in [6, 6.07) is 7.69. The molecule has 1 aromatic carbocycles. The predicted octanol–water partition coefficient (Wildman–Crippen LogP) is 2.21. The molecule has 14 heavy (non-hydrogen) atoms. The first-order valence-corrected chi connectivity index (χ1v) is 4.18. The van der Waals surface area contributed by atoms with Gasteiger partial charge in [0, 0.05) is 12.5 Å². The smallest absolute Gasteiger partial charge is 0.240 e. The minimum absolute atomic E-state index is 0.362. The Bertz CT molecular complexity index is 344. The van der Waals surface area contributed by atoms with Gasteiger partial charge in [-0.15, -0.1) is 0 Å². The van der Waals surface area contributed by atoms with Crippen LogP contribution in [-0.4, -0.2) is 6.43 Å². The van der Waals surface area contributed by atoms with Gasteiger partial charge in [-0.05, 0) is 11.6 Å². The number of hydrogen-bond acceptors (Lipinski definition) is 2. The summed E-state index contributed by atoms with van der Waals surface area (Å²) in [5.74, 6) is 0. The number of rotatable bonds is 3. The fourth-order valence-electron chi connectivity index (χ4n) is 1.24. The van der Waals surface area contributed by atoms with E-state index in [-0.39, 0.29) is 0 Å². The lowest BCUT2D eigenvalue weighted by Gasteiger charge is -2.12. The number of nitrogens with two attached hydrogens (primary N) is 1. The monoisotopic (exact) mass is 196 g/mol. The summed E-state index contributed by atoms with van der Waals surface area (Å²) in [5.41, 5.74) is 6.38. The van der Waals surface area contributed by atoms with Gasteiger partial charge in [-0.25, -0.2) is 8.78 Å². The van der Waals surface area contributed by atoms with E-state index in [2.05, 4.69) is 0 Å². The van der Waals surface area contributed by atoms with Crippen LogP contribution in [0.1, 0.15) is 23.6 Å². The van der Waals surface area contributed by atoms with Crippen molar-refractivity contribution in [1.82, 2.24) is 0 Å². The predicted molar refractivity (Wildman–Crippen MR) is 48.7 cm³/mol. The number of hydrogen-bond donors (Lipinski definition) is 1. The molecule has 0 amide bonds. The normalized spacial score (nSPS) is 12.5. The SMILES string of the molecule is N#Cc1ccccc1[C@H](N)CC(F)F. The van der Waals surface area contributed by atoms with Gasteiger partial charge >= 0.3 is 0 Å². The fraction of sp³-hybridized carbons (Fsp3) is 0.300. The van der Waals surface area contributed by atoms with Gasteiger partial charge in [0.25, 0.3) is 0 Å². The Balaban J connectivity index is 2.89.